The van der Waals surface area contributed by atoms with Crippen LogP contribution in [0.1, 0.15) is 32.1 Å². The van der Waals surface area contributed by atoms with Crippen LogP contribution in [0.25, 0.3) is 0 Å². The lowest BCUT2D eigenvalue weighted by molar-refractivity contribution is 0.136. The van der Waals surface area contributed by atoms with Gasteiger partial charge < -0.3 is 16.4 Å². The van der Waals surface area contributed by atoms with Gasteiger partial charge in [-0.2, -0.15) is 16.8 Å². The van der Waals surface area contributed by atoms with E-state index >= 15 is 0 Å². The normalized spacial score (nSPS) is 21.1. The van der Waals surface area contributed by atoms with E-state index < -0.39 is 20.8 Å². The van der Waals surface area contributed by atoms with Crippen LogP contribution in [0.2, 0.25) is 0 Å². The third kappa shape index (κ3) is 19.7. The van der Waals surface area contributed by atoms with Crippen LogP contribution >= 0.6 is 0 Å². The molecule has 15 heteroatoms. The van der Waals surface area contributed by atoms with Gasteiger partial charge in [0.2, 0.25) is 0 Å². The molecule has 0 aromatic carbocycles. The average molecular weight is 450 g/mol. The summed E-state index contributed by atoms with van der Waals surface area (Å²) in [6.07, 6.45) is 6.54. The van der Waals surface area contributed by atoms with E-state index in [1.54, 1.807) is 0 Å². The molecule has 0 radical (unpaired) electrons. The summed E-state index contributed by atoms with van der Waals surface area (Å²) in [6.45, 7) is 6.95. The Morgan fingerprint density at radius 1 is 0.929 bits per heavy atom. The fourth-order valence-electron chi connectivity index (χ4n) is 3.15. The van der Waals surface area contributed by atoms with Crippen LogP contribution in [0.5, 0.6) is 0 Å². The molecule has 0 spiro atoms. The standard InChI is InChI=1S/C13H27N5.2H2O4S/c14-13(15)16-6-3-7-17-8-4-10-18-9-2-1-5-12(18)11-17;2*1-5(2,3)4/h12H,1-11H2,(H4,14,15,16);2*(H2,1,2,3,4). The van der Waals surface area contributed by atoms with Gasteiger partial charge in [0, 0.05) is 19.1 Å². The van der Waals surface area contributed by atoms with Crippen LogP contribution in [0.3, 0.4) is 0 Å². The van der Waals surface area contributed by atoms with Gasteiger partial charge in [0.15, 0.2) is 5.96 Å². The molecule has 0 aromatic rings. The molecule has 2 heterocycles. The molecule has 0 saturated carbocycles. The van der Waals surface area contributed by atoms with E-state index in [-0.39, 0.29) is 5.96 Å². The van der Waals surface area contributed by atoms with Gasteiger partial charge in [0.1, 0.15) is 0 Å². The summed E-state index contributed by atoms with van der Waals surface area (Å²) >= 11 is 0. The Labute approximate surface area is 165 Å². The number of piperidine rings is 1. The van der Waals surface area contributed by atoms with Crippen LogP contribution in [-0.2, 0) is 20.8 Å². The topological polar surface area (TPSA) is 220 Å². The van der Waals surface area contributed by atoms with Crippen molar-refractivity contribution in [3.05, 3.63) is 0 Å². The summed E-state index contributed by atoms with van der Waals surface area (Å²) in [7, 11) is -9.33. The van der Waals surface area contributed by atoms with Crippen molar-refractivity contribution in [3.63, 3.8) is 0 Å². The number of nitrogens with zero attached hydrogens (tertiary/aromatic N) is 3. The minimum atomic E-state index is -4.67. The Morgan fingerprint density at radius 3 is 2.00 bits per heavy atom. The number of hydrogen-bond acceptors (Lipinski definition) is 7. The molecular formula is C13H31N5O8S2. The zero-order chi connectivity index (χ0) is 21.8. The van der Waals surface area contributed by atoms with Crippen molar-refractivity contribution < 1.29 is 35.0 Å². The van der Waals surface area contributed by atoms with Gasteiger partial charge in [-0.1, -0.05) is 6.42 Å². The van der Waals surface area contributed by atoms with Crippen molar-refractivity contribution in [1.29, 1.82) is 0 Å². The highest BCUT2D eigenvalue weighted by Crippen LogP contribution is 2.20. The molecule has 0 amide bonds. The molecular weight excluding hydrogens is 418 g/mol. The second-order valence-electron chi connectivity index (χ2n) is 6.40. The lowest BCUT2D eigenvalue weighted by Gasteiger charge is -2.35. The molecule has 1 unspecified atom stereocenters. The van der Waals surface area contributed by atoms with Crippen molar-refractivity contribution in [3.8, 4) is 0 Å². The number of guanidine groups is 1. The van der Waals surface area contributed by atoms with Gasteiger partial charge in [0.05, 0.1) is 0 Å². The van der Waals surface area contributed by atoms with Crippen LogP contribution in [-0.4, -0.2) is 96.1 Å². The fourth-order valence-corrected chi connectivity index (χ4v) is 3.15. The molecule has 28 heavy (non-hydrogen) atoms. The first-order chi connectivity index (χ1) is 12.8. The molecule has 2 aliphatic rings. The summed E-state index contributed by atoms with van der Waals surface area (Å²) in [5.41, 5.74) is 10.7. The number of aliphatic imine (C=N–C) groups is 1. The van der Waals surface area contributed by atoms with E-state index in [9.17, 15) is 0 Å². The van der Waals surface area contributed by atoms with Crippen LogP contribution in [0, 0.1) is 0 Å². The fraction of sp³-hybridized carbons (Fsp3) is 0.923. The van der Waals surface area contributed by atoms with Gasteiger partial charge in [-0.3, -0.25) is 28.1 Å². The highest BCUT2D eigenvalue weighted by atomic mass is 32.3. The summed E-state index contributed by atoms with van der Waals surface area (Å²) in [6, 6.07) is 0.796. The molecule has 2 fully saturated rings. The second-order valence-corrected chi connectivity index (χ2v) is 8.19. The molecule has 168 valence electrons. The van der Waals surface area contributed by atoms with Crippen LogP contribution in [0.4, 0.5) is 0 Å². The molecule has 13 nitrogen and oxygen atoms in total. The zero-order valence-corrected chi connectivity index (χ0v) is 17.2. The quantitative estimate of drug-likeness (QED) is 0.130. The molecule has 2 saturated heterocycles. The van der Waals surface area contributed by atoms with Crippen molar-refractivity contribution >= 4 is 26.8 Å². The highest BCUT2D eigenvalue weighted by Gasteiger charge is 2.26. The van der Waals surface area contributed by atoms with E-state index in [1.165, 1.54) is 51.9 Å². The summed E-state index contributed by atoms with van der Waals surface area (Å²) in [5.74, 6) is 0.212. The molecule has 2 aliphatic heterocycles. The van der Waals surface area contributed by atoms with E-state index in [0.717, 1.165) is 25.6 Å². The molecule has 0 bridgehead atoms. The SMILES string of the molecule is NC(N)=NCCCN1CCCN2CCCCC2C1.O=S(=O)(O)O.O=S(=O)(O)O. The van der Waals surface area contributed by atoms with Gasteiger partial charge in [-0.25, -0.2) is 0 Å². The maximum Gasteiger partial charge on any atom is 0.394 e. The summed E-state index contributed by atoms with van der Waals surface area (Å²) in [4.78, 5) is 9.34. The van der Waals surface area contributed by atoms with Crippen molar-refractivity contribution in [2.75, 3.05) is 39.3 Å². The Hall–Kier alpha value is -1.07. The first kappa shape index (κ1) is 26.9. The Morgan fingerprint density at radius 2 is 1.46 bits per heavy atom. The third-order valence-electron chi connectivity index (χ3n) is 4.06. The number of fused-ring (bicyclic) bond motifs is 1. The van der Waals surface area contributed by atoms with Crippen LogP contribution < -0.4 is 11.5 Å². The van der Waals surface area contributed by atoms with Crippen molar-refractivity contribution in [2.24, 2.45) is 16.5 Å². The monoisotopic (exact) mass is 449 g/mol. The lowest BCUT2D eigenvalue weighted by atomic mass is 10.0. The van der Waals surface area contributed by atoms with E-state index in [4.69, 9.17) is 46.5 Å². The van der Waals surface area contributed by atoms with E-state index in [0.29, 0.717) is 0 Å². The first-order valence-electron chi connectivity index (χ1n) is 8.67. The van der Waals surface area contributed by atoms with Crippen molar-refractivity contribution in [2.45, 2.75) is 38.1 Å². The predicted molar refractivity (Wildman–Crippen MR) is 104 cm³/mol. The minimum absolute atomic E-state index is 0.212. The maximum absolute atomic E-state index is 8.74. The van der Waals surface area contributed by atoms with Crippen LogP contribution in [0.15, 0.2) is 4.99 Å². The Bertz CT molecular complexity index is 620. The second kappa shape index (κ2) is 13.2. The maximum atomic E-state index is 8.74. The van der Waals surface area contributed by atoms with Gasteiger partial charge >= 0.3 is 20.8 Å². The van der Waals surface area contributed by atoms with Gasteiger partial charge in [-0.15, -0.1) is 0 Å². The molecule has 0 aromatic heterocycles. The molecule has 1 atom stereocenters. The first-order valence-corrected chi connectivity index (χ1v) is 11.5. The van der Waals surface area contributed by atoms with Gasteiger partial charge in [0.25, 0.3) is 0 Å². The molecule has 8 N–H and O–H groups in total. The summed E-state index contributed by atoms with van der Waals surface area (Å²) in [5, 5.41) is 0. The number of rotatable bonds is 4. The predicted octanol–water partition coefficient (Wildman–Crippen LogP) is -1.10. The minimum Gasteiger partial charge on any atom is -0.370 e. The zero-order valence-electron chi connectivity index (χ0n) is 15.6. The average Bonchev–Trinajstić information content (AvgIpc) is 2.70. The third-order valence-corrected chi connectivity index (χ3v) is 4.06. The number of nitrogens with two attached hydrogens (primary N) is 2. The Balaban J connectivity index is 0.000000607. The Kier molecular flexibility index (Phi) is 12.7. The largest absolute Gasteiger partial charge is 0.394 e. The molecule has 2 rings (SSSR count). The smallest absolute Gasteiger partial charge is 0.370 e. The van der Waals surface area contributed by atoms with E-state index in [2.05, 4.69) is 14.8 Å². The van der Waals surface area contributed by atoms with Gasteiger partial charge in [-0.05, 0) is 51.9 Å². The summed E-state index contributed by atoms with van der Waals surface area (Å²) < 4.78 is 63.2. The van der Waals surface area contributed by atoms with E-state index in [1.807, 2.05) is 0 Å². The lowest BCUT2D eigenvalue weighted by Crippen LogP contribution is -2.44. The van der Waals surface area contributed by atoms with Crippen molar-refractivity contribution in [1.82, 2.24) is 9.80 Å². The number of hydrogen-bond donors (Lipinski definition) is 6. The molecule has 0 aliphatic carbocycles. The highest BCUT2D eigenvalue weighted by molar-refractivity contribution is 7.80.